The molecule has 0 aliphatic carbocycles. The van der Waals surface area contributed by atoms with E-state index in [1.165, 1.54) is 5.56 Å². The Balaban J connectivity index is 1.94. The summed E-state index contributed by atoms with van der Waals surface area (Å²) in [4.78, 5) is 4.75. The molecule has 0 radical (unpaired) electrons. The van der Waals surface area contributed by atoms with Gasteiger partial charge in [-0.2, -0.15) is 0 Å². The van der Waals surface area contributed by atoms with Crippen LogP contribution in [-0.2, 0) is 16.6 Å². The summed E-state index contributed by atoms with van der Waals surface area (Å²) in [5.74, 6) is 0.421. The van der Waals surface area contributed by atoms with Gasteiger partial charge in [0.1, 0.15) is 10.7 Å². The Hall–Kier alpha value is -2.40. The van der Waals surface area contributed by atoms with Crippen molar-refractivity contribution >= 4 is 20.8 Å². The molecule has 1 heterocycles. The van der Waals surface area contributed by atoms with Crippen molar-refractivity contribution in [2.24, 2.45) is 4.99 Å². The molecule has 23 heavy (non-hydrogen) atoms. The molecule has 3 rings (SSSR count). The van der Waals surface area contributed by atoms with Gasteiger partial charge in [-0.1, -0.05) is 60.2 Å². The van der Waals surface area contributed by atoms with Crippen molar-refractivity contribution in [3.05, 3.63) is 76.9 Å². The van der Waals surface area contributed by atoms with Crippen LogP contribution in [0.4, 0.5) is 0 Å². The number of nitrogens with one attached hydrogen (secondary N) is 1. The molecule has 0 amide bonds. The van der Waals surface area contributed by atoms with Gasteiger partial charge < -0.3 is 0 Å². The lowest BCUT2D eigenvalue weighted by Gasteiger charge is -2.02. The molecule has 0 spiro atoms. The predicted octanol–water partition coefficient (Wildman–Crippen LogP) is 3.26. The van der Waals surface area contributed by atoms with Gasteiger partial charge in [0, 0.05) is 5.57 Å². The minimum atomic E-state index is -3.55. The van der Waals surface area contributed by atoms with Gasteiger partial charge in [-0.05, 0) is 25.0 Å². The SMILES string of the molecule is CC1=C(c2ccccc2)S(=O)(=O)NC1=NCc1ccc(C)cc1. The Morgan fingerprint density at radius 3 is 2.26 bits per heavy atom. The molecule has 0 aromatic heterocycles. The van der Waals surface area contributed by atoms with E-state index < -0.39 is 10.0 Å². The van der Waals surface area contributed by atoms with Crippen LogP contribution in [0.3, 0.4) is 0 Å². The van der Waals surface area contributed by atoms with Gasteiger partial charge in [-0.25, -0.2) is 8.42 Å². The number of aliphatic imine (C=N–C) groups is 1. The van der Waals surface area contributed by atoms with Crippen LogP contribution in [0.5, 0.6) is 0 Å². The van der Waals surface area contributed by atoms with Crippen molar-refractivity contribution in [1.82, 2.24) is 4.72 Å². The molecule has 0 saturated heterocycles. The second-order valence-corrected chi connectivity index (χ2v) is 7.20. The van der Waals surface area contributed by atoms with E-state index >= 15 is 0 Å². The Kier molecular flexibility index (Phi) is 4.05. The minimum Gasteiger partial charge on any atom is -0.263 e. The summed E-state index contributed by atoms with van der Waals surface area (Å²) in [7, 11) is -3.55. The molecule has 1 aliphatic rings. The first kappa shape index (κ1) is 15.5. The molecule has 2 aromatic carbocycles. The molecule has 0 bridgehead atoms. The number of sulfonamides is 1. The largest absolute Gasteiger partial charge is 0.264 e. The molecule has 5 heteroatoms. The molecule has 0 saturated carbocycles. The van der Waals surface area contributed by atoms with Gasteiger partial charge in [0.25, 0.3) is 10.0 Å². The smallest absolute Gasteiger partial charge is 0.263 e. The van der Waals surface area contributed by atoms with Crippen LogP contribution in [0.2, 0.25) is 0 Å². The fourth-order valence-electron chi connectivity index (χ4n) is 2.54. The van der Waals surface area contributed by atoms with E-state index in [2.05, 4.69) is 9.71 Å². The lowest BCUT2D eigenvalue weighted by atomic mass is 10.1. The summed E-state index contributed by atoms with van der Waals surface area (Å²) in [5.41, 5.74) is 3.56. The van der Waals surface area contributed by atoms with Crippen molar-refractivity contribution in [3.63, 3.8) is 0 Å². The molecule has 0 unspecified atom stereocenters. The number of benzene rings is 2. The number of nitrogens with zero attached hydrogens (tertiary/aromatic N) is 1. The second-order valence-electron chi connectivity index (χ2n) is 5.58. The minimum absolute atomic E-state index is 0.306. The predicted molar refractivity (Wildman–Crippen MR) is 93.4 cm³/mol. The third kappa shape index (κ3) is 3.19. The summed E-state index contributed by atoms with van der Waals surface area (Å²) in [6, 6.07) is 17.1. The summed E-state index contributed by atoms with van der Waals surface area (Å²) in [6.07, 6.45) is 0. The molecule has 2 aromatic rings. The van der Waals surface area contributed by atoms with Crippen molar-refractivity contribution in [1.29, 1.82) is 0 Å². The second kappa shape index (κ2) is 6.01. The van der Waals surface area contributed by atoms with E-state index in [9.17, 15) is 8.42 Å². The van der Waals surface area contributed by atoms with Crippen molar-refractivity contribution < 1.29 is 8.42 Å². The van der Waals surface area contributed by atoms with Crippen LogP contribution in [0.1, 0.15) is 23.6 Å². The standard InChI is InChI=1S/C18H18N2O2S/c1-13-8-10-15(11-9-13)12-19-18-14(2)17(23(21,22)20-18)16-6-4-3-5-7-16/h3-11H,12H2,1-2H3,(H,19,20). The maximum absolute atomic E-state index is 12.4. The molecule has 1 aliphatic heterocycles. The van der Waals surface area contributed by atoms with E-state index in [0.717, 1.165) is 5.56 Å². The van der Waals surface area contributed by atoms with E-state index in [4.69, 9.17) is 0 Å². The third-order valence-corrected chi connectivity index (χ3v) is 5.31. The highest BCUT2D eigenvalue weighted by Crippen LogP contribution is 2.29. The van der Waals surface area contributed by atoms with E-state index in [0.29, 0.717) is 28.4 Å². The topological polar surface area (TPSA) is 58.5 Å². The molecule has 0 atom stereocenters. The van der Waals surface area contributed by atoms with Crippen molar-refractivity contribution in [3.8, 4) is 0 Å². The Morgan fingerprint density at radius 1 is 0.957 bits per heavy atom. The third-order valence-electron chi connectivity index (χ3n) is 3.77. The van der Waals surface area contributed by atoms with Crippen LogP contribution >= 0.6 is 0 Å². The average Bonchev–Trinajstić information content (AvgIpc) is 2.76. The highest BCUT2D eigenvalue weighted by Gasteiger charge is 2.32. The molecule has 4 nitrogen and oxygen atoms in total. The maximum atomic E-state index is 12.4. The van der Waals surface area contributed by atoms with Gasteiger partial charge in [0.05, 0.1) is 6.54 Å². The molecular weight excluding hydrogens is 308 g/mol. The highest BCUT2D eigenvalue weighted by atomic mass is 32.2. The first-order valence-electron chi connectivity index (χ1n) is 7.37. The van der Waals surface area contributed by atoms with Crippen LogP contribution in [0, 0.1) is 6.92 Å². The molecule has 118 valence electrons. The summed E-state index contributed by atoms with van der Waals surface area (Å²) < 4.78 is 27.3. The molecular formula is C18H18N2O2S. The first-order valence-corrected chi connectivity index (χ1v) is 8.85. The quantitative estimate of drug-likeness (QED) is 0.941. The zero-order valence-electron chi connectivity index (χ0n) is 13.1. The summed E-state index contributed by atoms with van der Waals surface area (Å²) in [6.45, 7) is 4.26. The van der Waals surface area contributed by atoms with Crippen LogP contribution < -0.4 is 4.72 Å². The van der Waals surface area contributed by atoms with Gasteiger partial charge in [0.15, 0.2) is 0 Å². The van der Waals surface area contributed by atoms with Crippen LogP contribution in [-0.4, -0.2) is 14.3 Å². The van der Waals surface area contributed by atoms with Crippen molar-refractivity contribution in [2.45, 2.75) is 20.4 Å². The number of hydrogen-bond acceptors (Lipinski definition) is 3. The zero-order valence-corrected chi connectivity index (χ0v) is 13.9. The molecule has 0 fully saturated rings. The summed E-state index contributed by atoms with van der Waals surface area (Å²) >= 11 is 0. The van der Waals surface area contributed by atoms with Gasteiger partial charge >= 0.3 is 0 Å². The number of hydrogen-bond donors (Lipinski definition) is 1. The van der Waals surface area contributed by atoms with Gasteiger partial charge in [0.2, 0.25) is 0 Å². The summed E-state index contributed by atoms with van der Waals surface area (Å²) in [5, 5.41) is 0. The average molecular weight is 326 g/mol. The van der Waals surface area contributed by atoms with Gasteiger partial charge in [-0.15, -0.1) is 0 Å². The van der Waals surface area contributed by atoms with Gasteiger partial charge in [-0.3, -0.25) is 9.71 Å². The Morgan fingerprint density at radius 2 is 1.61 bits per heavy atom. The van der Waals surface area contributed by atoms with E-state index in [1.807, 2.05) is 49.4 Å². The first-order chi connectivity index (χ1) is 11.0. The Bertz CT molecular complexity index is 880. The fraction of sp³-hybridized carbons (Fsp3) is 0.167. The van der Waals surface area contributed by atoms with E-state index in [1.54, 1.807) is 19.1 Å². The fourth-order valence-corrected chi connectivity index (χ4v) is 4.06. The lowest BCUT2D eigenvalue weighted by molar-refractivity contribution is 0.603. The maximum Gasteiger partial charge on any atom is 0.264 e. The number of rotatable bonds is 3. The lowest BCUT2D eigenvalue weighted by Crippen LogP contribution is -2.23. The monoisotopic (exact) mass is 326 g/mol. The number of amidine groups is 1. The zero-order chi connectivity index (χ0) is 16.4. The normalized spacial score (nSPS) is 18.3. The van der Waals surface area contributed by atoms with Crippen molar-refractivity contribution in [2.75, 3.05) is 0 Å². The van der Waals surface area contributed by atoms with Crippen LogP contribution in [0.15, 0.2) is 65.2 Å². The van der Waals surface area contributed by atoms with Crippen LogP contribution in [0.25, 0.3) is 4.91 Å². The molecule has 1 N–H and O–H groups in total. The Labute approximate surface area is 136 Å². The van der Waals surface area contributed by atoms with E-state index in [-0.39, 0.29) is 0 Å². The highest BCUT2D eigenvalue weighted by molar-refractivity contribution is 8.00. The number of aryl methyl sites for hydroxylation is 1.